The third kappa shape index (κ3) is 6.56. The molecular weight excluding hydrogens is 395 g/mol. The van der Waals surface area contributed by atoms with Gasteiger partial charge < -0.3 is 19.3 Å². The molecule has 2 aromatic rings. The van der Waals surface area contributed by atoms with E-state index in [0.29, 0.717) is 0 Å². The molecular formula is C12H10CoO8S2. The normalized spacial score (nSPS) is 10.9. The second-order valence-electron chi connectivity index (χ2n) is 3.84. The molecule has 0 bridgehead atoms. The van der Waals surface area contributed by atoms with Crippen molar-refractivity contribution in [1.82, 2.24) is 0 Å². The first kappa shape index (κ1) is 21.4. The zero-order valence-electron chi connectivity index (χ0n) is 11.1. The van der Waals surface area contributed by atoms with Crippen molar-refractivity contribution >= 4 is 20.2 Å². The molecule has 0 unspecified atom stereocenters. The molecule has 0 fully saturated rings. The summed E-state index contributed by atoms with van der Waals surface area (Å²) in [4.78, 5) is -1.17. The van der Waals surface area contributed by atoms with Crippen molar-refractivity contribution in [3.05, 3.63) is 48.5 Å². The van der Waals surface area contributed by atoms with Crippen LogP contribution in [0.25, 0.3) is 0 Å². The summed E-state index contributed by atoms with van der Waals surface area (Å²) in [6.07, 6.45) is 0. The van der Waals surface area contributed by atoms with Crippen LogP contribution in [0.1, 0.15) is 0 Å². The van der Waals surface area contributed by atoms with Crippen LogP contribution < -0.4 is 0 Å². The summed E-state index contributed by atoms with van der Waals surface area (Å²) in [6.45, 7) is 0. The number of benzene rings is 2. The smallest absolute Gasteiger partial charge is 0.744 e. The second kappa shape index (κ2) is 8.28. The van der Waals surface area contributed by atoms with E-state index >= 15 is 0 Å². The van der Waals surface area contributed by atoms with E-state index < -0.39 is 41.5 Å². The predicted molar refractivity (Wildman–Crippen MR) is 72.1 cm³/mol. The fourth-order valence-electron chi connectivity index (χ4n) is 1.34. The minimum Gasteiger partial charge on any atom is -0.744 e. The fraction of sp³-hybridized carbons (Fsp3) is 0. The molecule has 0 aliphatic heterocycles. The van der Waals surface area contributed by atoms with Crippen LogP contribution >= 0.6 is 0 Å². The van der Waals surface area contributed by atoms with E-state index in [-0.39, 0.29) is 16.8 Å². The molecule has 2 aromatic carbocycles. The summed E-state index contributed by atoms with van der Waals surface area (Å²) in [6, 6.07) is 9.99. The van der Waals surface area contributed by atoms with E-state index in [1.54, 1.807) is 0 Å². The van der Waals surface area contributed by atoms with Crippen molar-refractivity contribution in [2.24, 2.45) is 0 Å². The van der Waals surface area contributed by atoms with E-state index in [4.69, 9.17) is 10.2 Å². The molecule has 2 N–H and O–H groups in total. The van der Waals surface area contributed by atoms with Crippen LogP contribution in [0.3, 0.4) is 0 Å². The molecule has 23 heavy (non-hydrogen) atoms. The number of aromatic hydroxyl groups is 2. The molecule has 0 saturated heterocycles. The van der Waals surface area contributed by atoms with Crippen LogP contribution in [0.15, 0.2) is 58.3 Å². The van der Waals surface area contributed by atoms with Crippen molar-refractivity contribution in [3.63, 3.8) is 0 Å². The van der Waals surface area contributed by atoms with Gasteiger partial charge in [0.25, 0.3) is 0 Å². The molecule has 0 saturated carbocycles. The summed E-state index contributed by atoms with van der Waals surface area (Å²) in [5.74, 6) is -1.02. The molecule has 0 amide bonds. The van der Waals surface area contributed by atoms with E-state index in [1.165, 1.54) is 24.3 Å². The Morgan fingerprint density at radius 3 is 1.09 bits per heavy atom. The van der Waals surface area contributed by atoms with Gasteiger partial charge in [-0.1, -0.05) is 24.3 Å². The van der Waals surface area contributed by atoms with Crippen molar-refractivity contribution in [2.75, 3.05) is 0 Å². The molecule has 0 heterocycles. The third-order valence-corrected chi connectivity index (χ3v) is 4.04. The van der Waals surface area contributed by atoms with Crippen LogP contribution in [0, 0.1) is 0 Å². The molecule has 127 valence electrons. The van der Waals surface area contributed by atoms with Gasteiger partial charge in [-0.2, -0.15) is 0 Å². The fourth-order valence-corrected chi connectivity index (χ4v) is 2.48. The first-order valence-electron chi connectivity index (χ1n) is 5.51. The Bertz CT molecular complexity index is 789. The standard InChI is InChI=1S/2C6H6O4S.Co/c2*7-5-3-1-2-4-6(5)11(8,9)10;/h2*1-4,7H,(H,8,9,10);/q;;+2/p-2. The Morgan fingerprint density at radius 2 is 0.913 bits per heavy atom. The average Bonchev–Trinajstić information content (AvgIpc) is 2.37. The van der Waals surface area contributed by atoms with Gasteiger partial charge in [0.2, 0.25) is 0 Å². The maximum Gasteiger partial charge on any atom is 2.00 e. The van der Waals surface area contributed by atoms with Crippen LogP contribution in [-0.4, -0.2) is 36.2 Å². The molecule has 1 radical (unpaired) electrons. The van der Waals surface area contributed by atoms with E-state index in [9.17, 15) is 25.9 Å². The number of hydrogen-bond acceptors (Lipinski definition) is 8. The molecule has 0 aromatic heterocycles. The van der Waals surface area contributed by atoms with Crippen LogP contribution in [0.4, 0.5) is 0 Å². The molecule has 11 heteroatoms. The largest absolute Gasteiger partial charge is 2.00 e. The van der Waals surface area contributed by atoms with Gasteiger partial charge in [0.05, 0.1) is 9.79 Å². The van der Waals surface area contributed by atoms with Gasteiger partial charge in [-0.25, -0.2) is 16.8 Å². The van der Waals surface area contributed by atoms with Gasteiger partial charge in [-0.05, 0) is 24.3 Å². The quantitative estimate of drug-likeness (QED) is 0.688. The third-order valence-electron chi connectivity index (χ3n) is 2.27. The zero-order valence-corrected chi connectivity index (χ0v) is 13.8. The molecule has 0 aliphatic rings. The van der Waals surface area contributed by atoms with E-state index in [1.807, 2.05) is 0 Å². The minimum absolute atomic E-state index is 0. The summed E-state index contributed by atoms with van der Waals surface area (Å²) in [5, 5.41) is 17.7. The van der Waals surface area contributed by atoms with Gasteiger partial charge in [0.1, 0.15) is 31.7 Å². The Morgan fingerprint density at radius 1 is 0.652 bits per heavy atom. The maximum atomic E-state index is 10.3. The Balaban J connectivity index is 0.000000403. The number of para-hydroxylation sites is 2. The minimum atomic E-state index is -4.53. The topological polar surface area (TPSA) is 155 Å². The SMILES string of the molecule is O=S(=O)([O-])c1ccccc1O.O=S(=O)([O-])c1ccccc1O.[Co+2]. The van der Waals surface area contributed by atoms with Gasteiger partial charge in [-0.3, -0.25) is 0 Å². The van der Waals surface area contributed by atoms with Crippen molar-refractivity contribution in [3.8, 4) is 11.5 Å². The van der Waals surface area contributed by atoms with Crippen molar-refractivity contribution in [2.45, 2.75) is 9.79 Å². The molecule has 0 aliphatic carbocycles. The second-order valence-corrected chi connectivity index (χ2v) is 6.54. The van der Waals surface area contributed by atoms with E-state index in [2.05, 4.69) is 0 Å². The average molecular weight is 405 g/mol. The molecule has 2 rings (SSSR count). The van der Waals surface area contributed by atoms with Gasteiger partial charge in [0.15, 0.2) is 0 Å². The van der Waals surface area contributed by atoms with Gasteiger partial charge in [-0.15, -0.1) is 0 Å². The first-order chi connectivity index (χ1) is 10.0. The van der Waals surface area contributed by atoms with Crippen molar-refractivity contribution in [1.29, 1.82) is 0 Å². The predicted octanol–water partition coefficient (Wildman–Crippen LogP) is 0.590. The van der Waals surface area contributed by atoms with Crippen LogP contribution in [0.2, 0.25) is 0 Å². The van der Waals surface area contributed by atoms with Gasteiger partial charge >= 0.3 is 16.8 Å². The summed E-state index contributed by atoms with van der Waals surface area (Å²) >= 11 is 0. The number of phenols is 2. The summed E-state index contributed by atoms with van der Waals surface area (Å²) in [5.41, 5.74) is 0. The van der Waals surface area contributed by atoms with Crippen LogP contribution in [-0.2, 0) is 37.0 Å². The Labute approximate surface area is 143 Å². The Hall–Kier alpha value is -1.63. The monoisotopic (exact) mass is 405 g/mol. The molecule has 8 nitrogen and oxygen atoms in total. The number of rotatable bonds is 2. The Kier molecular flexibility index (Phi) is 7.70. The zero-order chi connectivity index (χ0) is 17.0. The summed E-state index contributed by atoms with van der Waals surface area (Å²) in [7, 11) is -9.07. The molecule has 0 spiro atoms. The van der Waals surface area contributed by atoms with Crippen molar-refractivity contribution < 1.29 is 52.9 Å². The number of hydrogen-bond donors (Lipinski definition) is 2. The first-order valence-corrected chi connectivity index (χ1v) is 8.33. The maximum absolute atomic E-state index is 10.3. The van der Waals surface area contributed by atoms with Gasteiger partial charge in [0, 0.05) is 0 Å². The van der Waals surface area contributed by atoms with E-state index in [0.717, 1.165) is 24.3 Å². The molecule has 0 atom stereocenters. The van der Waals surface area contributed by atoms with Crippen LogP contribution in [0.5, 0.6) is 11.5 Å². The number of phenolic OH excluding ortho intramolecular Hbond substituents is 2. The summed E-state index contributed by atoms with van der Waals surface area (Å²) < 4.78 is 62.0.